The van der Waals surface area contributed by atoms with Gasteiger partial charge in [0.15, 0.2) is 0 Å². The van der Waals surface area contributed by atoms with E-state index in [1.165, 1.54) is 23.5 Å². The molecule has 0 spiro atoms. The number of nitro groups is 1. The fourth-order valence-electron chi connectivity index (χ4n) is 1.65. The van der Waals surface area contributed by atoms with Crippen molar-refractivity contribution in [3.63, 3.8) is 0 Å². The Morgan fingerprint density at radius 3 is 2.62 bits per heavy atom. The van der Waals surface area contributed by atoms with Crippen molar-refractivity contribution in [3.05, 3.63) is 62.3 Å². The van der Waals surface area contributed by atoms with Crippen molar-refractivity contribution < 1.29 is 9.72 Å². The number of hydrogen-bond donors (Lipinski definition) is 1. The minimum absolute atomic E-state index is 0.0216. The van der Waals surface area contributed by atoms with Gasteiger partial charge < -0.3 is 0 Å². The number of nitrogens with zero attached hydrogens (tertiary/aromatic N) is 2. The number of carbonyl (C=O) groups is 1. The van der Waals surface area contributed by atoms with Crippen molar-refractivity contribution in [2.75, 3.05) is 0 Å². The highest BCUT2D eigenvalue weighted by Gasteiger charge is 2.06. The molecule has 0 aliphatic carbocycles. The fourth-order valence-corrected chi connectivity index (χ4v) is 2.35. The first-order chi connectivity index (χ1) is 10.1. The third-order valence-electron chi connectivity index (χ3n) is 2.76. The third-order valence-corrected chi connectivity index (χ3v) is 3.64. The Kier molecular flexibility index (Phi) is 4.78. The van der Waals surface area contributed by atoms with E-state index in [0.717, 1.165) is 10.4 Å². The first-order valence-electron chi connectivity index (χ1n) is 6.16. The number of hydrazone groups is 1. The lowest BCUT2D eigenvalue weighted by atomic mass is 10.1. The summed E-state index contributed by atoms with van der Waals surface area (Å²) < 4.78 is 0. The first kappa shape index (κ1) is 14.9. The molecule has 0 fully saturated rings. The zero-order chi connectivity index (χ0) is 15.2. The van der Waals surface area contributed by atoms with Crippen LogP contribution in [0.4, 0.5) is 5.69 Å². The molecule has 1 aromatic carbocycles. The molecule has 0 atom stereocenters. The average molecular weight is 303 g/mol. The van der Waals surface area contributed by atoms with E-state index in [1.807, 2.05) is 17.5 Å². The molecule has 0 radical (unpaired) electrons. The summed E-state index contributed by atoms with van der Waals surface area (Å²) in [4.78, 5) is 22.8. The Hall–Kier alpha value is -2.54. The second kappa shape index (κ2) is 6.76. The molecule has 0 aliphatic heterocycles. The summed E-state index contributed by atoms with van der Waals surface area (Å²) in [6, 6.07) is 9.78. The zero-order valence-electron chi connectivity index (χ0n) is 11.3. The molecular weight excluding hydrogens is 290 g/mol. The number of benzene rings is 1. The van der Waals surface area contributed by atoms with Crippen molar-refractivity contribution in [2.24, 2.45) is 5.10 Å². The van der Waals surface area contributed by atoms with E-state index in [-0.39, 0.29) is 18.0 Å². The summed E-state index contributed by atoms with van der Waals surface area (Å²) in [5.74, 6) is -0.196. The maximum absolute atomic E-state index is 11.7. The summed E-state index contributed by atoms with van der Waals surface area (Å²) in [6.07, 6.45) is 0.286. The van der Waals surface area contributed by atoms with Gasteiger partial charge in [-0.05, 0) is 36.1 Å². The maximum atomic E-state index is 11.7. The highest BCUT2D eigenvalue weighted by Crippen LogP contribution is 2.12. The highest BCUT2D eigenvalue weighted by atomic mass is 32.1. The van der Waals surface area contributed by atoms with E-state index in [2.05, 4.69) is 10.5 Å². The highest BCUT2D eigenvalue weighted by molar-refractivity contribution is 7.10. The molecule has 0 bridgehead atoms. The van der Waals surface area contributed by atoms with Crippen LogP contribution in [0.3, 0.4) is 0 Å². The summed E-state index contributed by atoms with van der Waals surface area (Å²) in [7, 11) is 0. The van der Waals surface area contributed by atoms with E-state index in [9.17, 15) is 14.9 Å². The zero-order valence-corrected chi connectivity index (χ0v) is 12.1. The molecule has 0 unspecified atom stereocenters. The van der Waals surface area contributed by atoms with E-state index >= 15 is 0 Å². The van der Waals surface area contributed by atoms with Crippen LogP contribution in [-0.4, -0.2) is 16.5 Å². The number of nitro benzene ring substituents is 1. The molecule has 0 saturated heterocycles. The summed E-state index contributed by atoms with van der Waals surface area (Å²) in [5.41, 5.74) is 3.81. The van der Waals surface area contributed by atoms with Gasteiger partial charge in [-0.2, -0.15) is 5.10 Å². The molecule has 7 heteroatoms. The van der Waals surface area contributed by atoms with Crippen LogP contribution >= 0.6 is 11.3 Å². The molecule has 6 nitrogen and oxygen atoms in total. The Bertz CT molecular complexity index is 663. The van der Waals surface area contributed by atoms with Gasteiger partial charge in [-0.3, -0.25) is 14.9 Å². The molecule has 2 aromatic rings. The molecule has 0 saturated carbocycles. The summed E-state index contributed by atoms with van der Waals surface area (Å²) in [5, 5.41) is 16.5. The van der Waals surface area contributed by atoms with Crippen molar-refractivity contribution in [1.29, 1.82) is 0 Å². The Balaban J connectivity index is 1.97. The van der Waals surface area contributed by atoms with Crippen LogP contribution in [-0.2, 0) is 11.2 Å². The number of carbonyl (C=O) groups excluding carboxylic acids is 1. The van der Waals surface area contributed by atoms with Gasteiger partial charge in [-0.25, -0.2) is 5.43 Å². The van der Waals surface area contributed by atoms with Crippen LogP contribution in [0.25, 0.3) is 0 Å². The lowest BCUT2D eigenvalue weighted by molar-refractivity contribution is -0.384. The largest absolute Gasteiger partial charge is 0.273 e. The van der Waals surface area contributed by atoms with Gasteiger partial charge in [-0.15, -0.1) is 11.3 Å². The molecular formula is C14H13N3O3S. The molecule has 1 aromatic heterocycles. The molecule has 2 rings (SSSR count). The van der Waals surface area contributed by atoms with Gasteiger partial charge in [0.2, 0.25) is 5.91 Å². The average Bonchev–Trinajstić information content (AvgIpc) is 2.97. The lowest BCUT2D eigenvalue weighted by Crippen LogP contribution is -2.20. The van der Waals surface area contributed by atoms with E-state index in [4.69, 9.17) is 0 Å². The minimum atomic E-state index is -0.459. The number of rotatable bonds is 5. The molecule has 1 heterocycles. The number of nitrogens with one attached hydrogen (secondary N) is 1. The van der Waals surface area contributed by atoms with Crippen LogP contribution in [0.15, 0.2) is 46.9 Å². The van der Waals surface area contributed by atoms with E-state index < -0.39 is 4.92 Å². The molecule has 108 valence electrons. The van der Waals surface area contributed by atoms with Crippen molar-refractivity contribution >= 4 is 28.6 Å². The van der Waals surface area contributed by atoms with Crippen LogP contribution in [0.1, 0.15) is 17.4 Å². The van der Waals surface area contributed by atoms with Gasteiger partial charge in [-0.1, -0.05) is 6.07 Å². The molecule has 21 heavy (non-hydrogen) atoms. The van der Waals surface area contributed by atoms with Gasteiger partial charge in [0, 0.05) is 17.0 Å². The lowest BCUT2D eigenvalue weighted by Gasteiger charge is -2.02. The maximum Gasteiger partial charge on any atom is 0.269 e. The second-order valence-electron chi connectivity index (χ2n) is 4.29. The smallest absolute Gasteiger partial charge is 0.269 e. The van der Waals surface area contributed by atoms with Gasteiger partial charge in [0.25, 0.3) is 5.69 Å². The number of thiophene rings is 1. The van der Waals surface area contributed by atoms with Gasteiger partial charge in [0.1, 0.15) is 0 Å². The van der Waals surface area contributed by atoms with Crippen LogP contribution in [0.5, 0.6) is 0 Å². The fraction of sp³-hybridized carbons (Fsp3) is 0.143. The second-order valence-corrected chi connectivity index (χ2v) is 5.32. The summed E-state index contributed by atoms with van der Waals surface area (Å²) >= 11 is 1.51. The molecule has 0 aliphatic rings. The minimum Gasteiger partial charge on any atom is -0.273 e. The quantitative estimate of drug-likeness (QED) is 0.523. The van der Waals surface area contributed by atoms with Crippen molar-refractivity contribution in [3.8, 4) is 0 Å². The van der Waals surface area contributed by atoms with Crippen LogP contribution < -0.4 is 5.43 Å². The standard InChI is InChI=1S/C14H13N3O3S/c1-10(11-4-6-12(7-5-11)17(19)20)15-16-14(18)9-13-3-2-8-21-13/h2-8H,9H2,1H3,(H,16,18)/b15-10+. The first-order valence-corrected chi connectivity index (χ1v) is 7.04. The monoisotopic (exact) mass is 303 g/mol. The topological polar surface area (TPSA) is 84.6 Å². The van der Waals surface area contributed by atoms with Gasteiger partial charge >= 0.3 is 0 Å². The predicted octanol–water partition coefficient (Wildman–Crippen LogP) is 2.74. The van der Waals surface area contributed by atoms with Gasteiger partial charge in [0.05, 0.1) is 17.1 Å². The summed E-state index contributed by atoms with van der Waals surface area (Å²) in [6.45, 7) is 1.73. The Morgan fingerprint density at radius 2 is 2.05 bits per heavy atom. The number of amides is 1. The number of non-ortho nitro benzene ring substituents is 1. The Labute approximate surface area is 125 Å². The Morgan fingerprint density at radius 1 is 1.33 bits per heavy atom. The number of hydrogen-bond acceptors (Lipinski definition) is 5. The van der Waals surface area contributed by atoms with Crippen molar-refractivity contribution in [1.82, 2.24) is 5.43 Å². The van der Waals surface area contributed by atoms with E-state index in [0.29, 0.717) is 5.71 Å². The molecule has 1 N–H and O–H groups in total. The predicted molar refractivity (Wildman–Crippen MR) is 81.5 cm³/mol. The normalized spacial score (nSPS) is 11.2. The SMILES string of the molecule is C/C(=N\NC(=O)Cc1cccs1)c1ccc([N+](=O)[O-])cc1. The van der Waals surface area contributed by atoms with Crippen LogP contribution in [0, 0.1) is 10.1 Å². The molecule has 1 amide bonds. The third kappa shape index (κ3) is 4.22. The van der Waals surface area contributed by atoms with E-state index in [1.54, 1.807) is 19.1 Å². The van der Waals surface area contributed by atoms with Crippen molar-refractivity contribution in [2.45, 2.75) is 13.3 Å². The van der Waals surface area contributed by atoms with Crippen LogP contribution in [0.2, 0.25) is 0 Å².